The van der Waals surface area contributed by atoms with Crippen molar-refractivity contribution in [1.82, 2.24) is 0 Å². The second-order valence-corrected chi connectivity index (χ2v) is 3.67. The molecule has 0 heterocycles. The summed E-state index contributed by atoms with van der Waals surface area (Å²) in [6.07, 6.45) is 2.58. The number of aryl methyl sites for hydroxylation is 1. The van der Waals surface area contributed by atoms with E-state index in [1.165, 1.54) is 5.56 Å². The van der Waals surface area contributed by atoms with Gasteiger partial charge in [-0.15, -0.1) is 0 Å². The fourth-order valence-electron chi connectivity index (χ4n) is 1.45. The minimum absolute atomic E-state index is 0.289. The van der Waals surface area contributed by atoms with Gasteiger partial charge in [0.05, 0.1) is 6.61 Å². The van der Waals surface area contributed by atoms with Gasteiger partial charge in [0.15, 0.2) is 0 Å². The van der Waals surface area contributed by atoms with Gasteiger partial charge in [0.25, 0.3) is 0 Å². The minimum Gasteiger partial charge on any atom is -0.450 e. The molecule has 0 spiro atoms. The van der Waals surface area contributed by atoms with Crippen LogP contribution in [-0.4, -0.2) is 17.9 Å². The van der Waals surface area contributed by atoms with Crippen LogP contribution in [0.2, 0.25) is 0 Å². The quantitative estimate of drug-likeness (QED) is 0.442. The Bertz CT molecular complexity index is 322. The smallest absolute Gasteiger partial charge is 0.450 e. The molecule has 16 heavy (non-hydrogen) atoms. The number of hydrogen-bond acceptors (Lipinski definition) is 3. The molecule has 0 radical (unpaired) electrons. The van der Waals surface area contributed by atoms with Crippen LogP contribution in [0.4, 0.5) is 10.5 Å². The molecular weight excluding hydrogens is 206 g/mol. The number of anilines is 1. The second-order valence-electron chi connectivity index (χ2n) is 3.67. The molecule has 4 heteroatoms. The summed E-state index contributed by atoms with van der Waals surface area (Å²) in [5.74, 6) is 0. The molecule has 0 aliphatic rings. The molecule has 0 unspecified atom stereocenters. The lowest BCUT2D eigenvalue weighted by molar-refractivity contribution is 0.0900. The average Bonchev–Trinajstić information content (AvgIpc) is 2.25. The Labute approximate surface area is 95.0 Å². The predicted molar refractivity (Wildman–Crippen MR) is 62.4 cm³/mol. The van der Waals surface area contributed by atoms with E-state index in [9.17, 15) is 4.79 Å². The largest absolute Gasteiger partial charge is 0.505 e. The summed E-state index contributed by atoms with van der Waals surface area (Å²) in [4.78, 5) is 10.1. The molecule has 0 aliphatic carbocycles. The van der Waals surface area contributed by atoms with Gasteiger partial charge in [-0.05, 0) is 43.4 Å². The third-order valence-corrected chi connectivity index (χ3v) is 2.32. The zero-order chi connectivity index (χ0) is 11.8. The van der Waals surface area contributed by atoms with Crippen molar-refractivity contribution in [2.75, 3.05) is 12.3 Å². The van der Waals surface area contributed by atoms with Gasteiger partial charge in [-0.1, -0.05) is 12.1 Å². The van der Waals surface area contributed by atoms with Crippen molar-refractivity contribution < 1.29 is 14.6 Å². The first kappa shape index (κ1) is 12.4. The van der Waals surface area contributed by atoms with E-state index in [0.29, 0.717) is 0 Å². The highest BCUT2D eigenvalue weighted by atomic mass is 16.7. The van der Waals surface area contributed by atoms with Crippen LogP contribution >= 0.6 is 0 Å². The van der Waals surface area contributed by atoms with E-state index in [1.54, 1.807) is 0 Å². The van der Waals surface area contributed by atoms with Crippen LogP contribution in [0.3, 0.4) is 0 Å². The van der Waals surface area contributed by atoms with E-state index in [1.807, 2.05) is 24.3 Å². The number of carbonyl (C=O) groups is 1. The topological polar surface area (TPSA) is 72.5 Å². The Morgan fingerprint density at radius 1 is 1.19 bits per heavy atom. The first-order valence-electron chi connectivity index (χ1n) is 5.38. The Kier molecular flexibility index (Phi) is 5.19. The molecule has 0 saturated heterocycles. The third-order valence-electron chi connectivity index (χ3n) is 2.32. The van der Waals surface area contributed by atoms with Crippen molar-refractivity contribution in [3.63, 3.8) is 0 Å². The van der Waals surface area contributed by atoms with E-state index in [0.717, 1.165) is 31.4 Å². The van der Waals surface area contributed by atoms with Gasteiger partial charge < -0.3 is 15.6 Å². The maximum atomic E-state index is 10.1. The molecule has 0 saturated carbocycles. The molecule has 1 aromatic carbocycles. The number of nitrogen functional groups attached to an aromatic ring is 1. The van der Waals surface area contributed by atoms with E-state index in [4.69, 9.17) is 10.8 Å². The normalized spacial score (nSPS) is 10.0. The Morgan fingerprint density at radius 3 is 2.50 bits per heavy atom. The second kappa shape index (κ2) is 6.71. The maximum absolute atomic E-state index is 10.1. The zero-order valence-electron chi connectivity index (χ0n) is 9.19. The minimum atomic E-state index is -1.20. The number of unbranched alkanes of at least 4 members (excludes halogenated alkanes) is 2. The van der Waals surface area contributed by atoms with Gasteiger partial charge in [-0.3, -0.25) is 0 Å². The van der Waals surface area contributed by atoms with Crippen LogP contribution in [0.5, 0.6) is 0 Å². The van der Waals surface area contributed by atoms with Gasteiger partial charge in [0, 0.05) is 5.69 Å². The third kappa shape index (κ3) is 5.24. The van der Waals surface area contributed by atoms with Gasteiger partial charge in [0.1, 0.15) is 0 Å². The van der Waals surface area contributed by atoms with Crippen LogP contribution in [0.1, 0.15) is 24.8 Å². The van der Waals surface area contributed by atoms with Crippen molar-refractivity contribution in [2.24, 2.45) is 0 Å². The highest BCUT2D eigenvalue weighted by Crippen LogP contribution is 2.09. The molecule has 4 nitrogen and oxygen atoms in total. The van der Waals surface area contributed by atoms with Crippen molar-refractivity contribution in [2.45, 2.75) is 25.7 Å². The van der Waals surface area contributed by atoms with Crippen LogP contribution in [0.15, 0.2) is 24.3 Å². The SMILES string of the molecule is Nc1ccc(CCCCCOC(=O)O)cc1. The number of benzene rings is 1. The number of carboxylic acid groups (broad SMARTS) is 1. The molecule has 0 bridgehead atoms. The number of rotatable bonds is 6. The van der Waals surface area contributed by atoms with E-state index >= 15 is 0 Å². The summed E-state index contributed by atoms with van der Waals surface area (Å²) in [5.41, 5.74) is 7.61. The zero-order valence-corrected chi connectivity index (χ0v) is 9.19. The van der Waals surface area contributed by atoms with Crippen molar-refractivity contribution in [3.05, 3.63) is 29.8 Å². The monoisotopic (exact) mass is 223 g/mol. The summed E-state index contributed by atoms with van der Waals surface area (Å²) >= 11 is 0. The fourth-order valence-corrected chi connectivity index (χ4v) is 1.45. The van der Waals surface area contributed by atoms with E-state index in [2.05, 4.69) is 4.74 Å². The highest BCUT2D eigenvalue weighted by Gasteiger charge is 1.97. The summed E-state index contributed by atoms with van der Waals surface area (Å²) < 4.78 is 4.41. The van der Waals surface area contributed by atoms with Gasteiger partial charge in [-0.2, -0.15) is 0 Å². The number of ether oxygens (including phenoxy) is 1. The van der Waals surface area contributed by atoms with Crippen molar-refractivity contribution in [3.8, 4) is 0 Å². The first-order valence-corrected chi connectivity index (χ1v) is 5.38. The first-order chi connectivity index (χ1) is 7.68. The fraction of sp³-hybridized carbons (Fsp3) is 0.417. The summed E-state index contributed by atoms with van der Waals surface area (Å²) in [6, 6.07) is 7.82. The Morgan fingerprint density at radius 2 is 1.88 bits per heavy atom. The molecular formula is C12H17NO3. The molecule has 0 aliphatic heterocycles. The van der Waals surface area contributed by atoms with Gasteiger partial charge in [-0.25, -0.2) is 4.79 Å². The van der Waals surface area contributed by atoms with E-state index < -0.39 is 6.16 Å². The van der Waals surface area contributed by atoms with Gasteiger partial charge in [0.2, 0.25) is 0 Å². The lowest BCUT2D eigenvalue weighted by Gasteiger charge is -2.02. The number of nitrogens with two attached hydrogens (primary N) is 1. The number of hydrogen-bond donors (Lipinski definition) is 2. The Hall–Kier alpha value is -1.71. The van der Waals surface area contributed by atoms with E-state index in [-0.39, 0.29) is 6.61 Å². The maximum Gasteiger partial charge on any atom is 0.505 e. The average molecular weight is 223 g/mol. The summed E-state index contributed by atoms with van der Waals surface area (Å²) in [7, 11) is 0. The molecule has 0 atom stereocenters. The van der Waals surface area contributed by atoms with Crippen LogP contribution in [0.25, 0.3) is 0 Å². The standard InChI is InChI=1S/C12H17NO3/c13-11-7-5-10(6-8-11)4-2-1-3-9-16-12(14)15/h5-8H,1-4,9,13H2,(H,14,15). The molecule has 0 amide bonds. The van der Waals surface area contributed by atoms with Crippen LogP contribution < -0.4 is 5.73 Å². The summed E-state index contributed by atoms with van der Waals surface area (Å²) in [5, 5.41) is 8.24. The molecule has 1 rings (SSSR count). The van der Waals surface area contributed by atoms with Gasteiger partial charge >= 0.3 is 6.16 Å². The predicted octanol–water partition coefficient (Wildman–Crippen LogP) is 2.68. The van der Waals surface area contributed by atoms with Crippen molar-refractivity contribution in [1.29, 1.82) is 0 Å². The molecule has 1 aromatic rings. The summed E-state index contributed by atoms with van der Waals surface area (Å²) in [6.45, 7) is 0.289. The lowest BCUT2D eigenvalue weighted by Crippen LogP contribution is -2.01. The molecule has 3 N–H and O–H groups in total. The molecule has 88 valence electrons. The molecule has 0 aromatic heterocycles. The van der Waals surface area contributed by atoms with Crippen molar-refractivity contribution >= 4 is 11.8 Å². The van der Waals surface area contributed by atoms with Crippen LogP contribution in [-0.2, 0) is 11.2 Å². The highest BCUT2D eigenvalue weighted by molar-refractivity contribution is 5.56. The Balaban J connectivity index is 2.07. The van der Waals surface area contributed by atoms with Crippen LogP contribution in [0, 0.1) is 0 Å². The lowest BCUT2D eigenvalue weighted by atomic mass is 10.1. The molecule has 0 fully saturated rings.